The SMILES string of the molecule is CCSc1nc(C(N)C(=O)O)cs1. The largest absolute Gasteiger partial charge is 0.480 e. The lowest BCUT2D eigenvalue weighted by molar-refractivity contribution is -0.138. The zero-order chi connectivity index (χ0) is 9.84. The van der Waals surface area contributed by atoms with Crippen LogP contribution in [0.2, 0.25) is 0 Å². The Labute approximate surface area is 84.2 Å². The molecule has 0 aliphatic rings. The molecule has 13 heavy (non-hydrogen) atoms. The molecule has 0 radical (unpaired) electrons. The topological polar surface area (TPSA) is 76.2 Å². The molecule has 1 unspecified atom stereocenters. The van der Waals surface area contributed by atoms with E-state index >= 15 is 0 Å². The van der Waals surface area contributed by atoms with Gasteiger partial charge in [-0.25, -0.2) is 4.98 Å². The van der Waals surface area contributed by atoms with E-state index in [2.05, 4.69) is 4.98 Å². The Kier molecular flexibility index (Phi) is 3.71. The van der Waals surface area contributed by atoms with Crippen LogP contribution in [-0.4, -0.2) is 21.8 Å². The van der Waals surface area contributed by atoms with E-state index in [1.54, 1.807) is 17.1 Å². The van der Waals surface area contributed by atoms with Gasteiger partial charge in [0.05, 0.1) is 5.69 Å². The van der Waals surface area contributed by atoms with Gasteiger partial charge in [-0.2, -0.15) is 0 Å². The Morgan fingerprint density at radius 3 is 3.15 bits per heavy atom. The van der Waals surface area contributed by atoms with E-state index in [0.717, 1.165) is 10.1 Å². The average molecular weight is 218 g/mol. The van der Waals surface area contributed by atoms with E-state index in [1.807, 2.05) is 6.92 Å². The molecule has 0 saturated heterocycles. The molecule has 4 nitrogen and oxygen atoms in total. The van der Waals surface area contributed by atoms with Crippen molar-refractivity contribution < 1.29 is 9.90 Å². The summed E-state index contributed by atoms with van der Waals surface area (Å²) in [5.74, 6) is -0.117. The Hall–Kier alpha value is -0.590. The Morgan fingerprint density at radius 2 is 2.62 bits per heavy atom. The third-order valence-corrected chi connectivity index (χ3v) is 3.27. The summed E-state index contributed by atoms with van der Waals surface area (Å²) in [5, 5.41) is 10.3. The summed E-state index contributed by atoms with van der Waals surface area (Å²) in [4.78, 5) is 14.6. The van der Waals surface area contributed by atoms with E-state index in [4.69, 9.17) is 10.8 Å². The molecule has 0 amide bonds. The number of carboxylic acid groups (broad SMARTS) is 1. The van der Waals surface area contributed by atoms with Gasteiger partial charge in [-0.3, -0.25) is 4.79 Å². The molecule has 3 N–H and O–H groups in total. The molecule has 0 fully saturated rings. The van der Waals surface area contributed by atoms with Crippen LogP contribution in [0.5, 0.6) is 0 Å². The van der Waals surface area contributed by atoms with Gasteiger partial charge in [-0.1, -0.05) is 18.7 Å². The highest BCUT2D eigenvalue weighted by Gasteiger charge is 2.17. The molecule has 0 spiro atoms. The summed E-state index contributed by atoms with van der Waals surface area (Å²) in [7, 11) is 0. The second-order valence-corrected chi connectivity index (χ2v) is 4.66. The zero-order valence-corrected chi connectivity index (χ0v) is 8.69. The van der Waals surface area contributed by atoms with Gasteiger partial charge in [0.25, 0.3) is 0 Å². The number of hydrogen-bond donors (Lipinski definition) is 2. The first-order valence-corrected chi connectivity index (χ1v) is 5.58. The maximum Gasteiger partial charge on any atom is 0.326 e. The number of nitrogens with two attached hydrogens (primary N) is 1. The molecule has 0 aliphatic carbocycles. The van der Waals surface area contributed by atoms with Crippen molar-refractivity contribution in [3.05, 3.63) is 11.1 Å². The minimum atomic E-state index is -1.04. The molecule has 0 aliphatic heterocycles. The molecule has 1 aromatic heterocycles. The van der Waals surface area contributed by atoms with Crippen LogP contribution in [0.1, 0.15) is 18.7 Å². The first-order valence-electron chi connectivity index (χ1n) is 3.71. The van der Waals surface area contributed by atoms with Gasteiger partial charge in [-0.15, -0.1) is 11.3 Å². The van der Waals surface area contributed by atoms with Crippen molar-refractivity contribution in [1.82, 2.24) is 4.98 Å². The fraction of sp³-hybridized carbons (Fsp3) is 0.429. The number of nitrogens with zero attached hydrogens (tertiary/aromatic N) is 1. The van der Waals surface area contributed by atoms with E-state index in [0.29, 0.717) is 5.69 Å². The molecule has 1 aromatic rings. The maximum absolute atomic E-state index is 10.5. The van der Waals surface area contributed by atoms with Gasteiger partial charge < -0.3 is 10.8 Å². The normalized spacial score (nSPS) is 12.8. The molecule has 72 valence electrons. The molecule has 6 heteroatoms. The second kappa shape index (κ2) is 4.59. The predicted octanol–water partition coefficient (Wildman–Crippen LogP) is 1.34. The Balaban J connectivity index is 2.73. The van der Waals surface area contributed by atoms with Gasteiger partial charge in [0.15, 0.2) is 0 Å². The van der Waals surface area contributed by atoms with Crippen molar-refractivity contribution in [2.24, 2.45) is 5.73 Å². The molecule has 1 rings (SSSR count). The van der Waals surface area contributed by atoms with Gasteiger partial charge in [-0.05, 0) is 5.75 Å². The molecule has 1 atom stereocenters. The molecular weight excluding hydrogens is 208 g/mol. The number of rotatable bonds is 4. The summed E-state index contributed by atoms with van der Waals surface area (Å²) in [5.41, 5.74) is 5.82. The lowest BCUT2D eigenvalue weighted by Crippen LogP contribution is -2.20. The van der Waals surface area contributed by atoms with Crippen LogP contribution in [0, 0.1) is 0 Å². The second-order valence-electron chi connectivity index (χ2n) is 2.29. The maximum atomic E-state index is 10.5. The summed E-state index contributed by atoms with van der Waals surface area (Å²) in [6, 6.07) is -0.998. The minimum Gasteiger partial charge on any atom is -0.480 e. The fourth-order valence-corrected chi connectivity index (χ4v) is 2.49. The van der Waals surface area contributed by atoms with Crippen LogP contribution in [0.25, 0.3) is 0 Å². The average Bonchev–Trinajstić information content (AvgIpc) is 2.52. The Bertz CT molecular complexity index is 300. The van der Waals surface area contributed by atoms with Gasteiger partial charge in [0.1, 0.15) is 10.4 Å². The van der Waals surface area contributed by atoms with Crippen LogP contribution in [0.3, 0.4) is 0 Å². The van der Waals surface area contributed by atoms with Gasteiger partial charge >= 0.3 is 5.97 Å². The molecule has 1 heterocycles. The van der Waals surface area contributed by atoms with E-state index in [9.17, 15) is 4.79 Å². The lowest BCUT2D eigenvalue weighted by Gasteiger charge is -1.99. The first kappa shape index (κ1) is 10.5. The molecular formula is C7H10N2O2S2. The molecule has 0 bridgehead atoms. The predicted molar refractivity (Wildman–Crippen MR) is 53.1 cm³/mol. The number of hydrogen-bond acceptors (Lipinski definition) is 5. The summed E-state index contributed by atoms with van der Waals surface area (Å²) >= 11 is 3.01. The van der Waals surface area contributed by atoms with Crippen molar-refractivity contribution in [1.29, 1.82) is 0 Å². The van der Waals surface area contributed by atoms with Crippen molar-refractivity contribution >= 4 is 29.1 Å². The monoisotopic (exact) mass is 218 g/mol. The van der Waals surface area contributed by atoms with E-state index < -0.39 is 12.0 Å². The first-order chi connectivity index (χ1) is 6.15. The van der Waals surface area contributed by atoms with Crippen LogP contribution >= 0.6 is 23.1 Å². The van der Waals surface area contributed by atoms with Gasteiger partial charge in [0, 0.05) is 5.38 Å². The van der Waals surface area contributed by atoms with Crippen molar-refractivity contribution in [3.8, 4) is 0 Å². The Morgan fingerprint density at radius 1 is 1.92 bits per heavy atom. The summed E-state index contributed by atoms with van der Waals surface area (Å²) in [6.45, 7) is 2.02. The van der Waals surface area contributed by atoms with Crippen molar-refractivity contribution in [2.45, 2.75) is 17.3 Å². The highest BCUT2D eigenvalue weighted by Crippen LogP contribution is 2.24. The van der Waals surface area contributed by atoms with Crippen molar-refractivity contribution in [2.75, 3.05) is 5.75 Å². The van der Waals surface area contributed by atoms with Gasteiger partial charge in [0.2, 0.25) is 0 Å². The van der Waals surface area contributed by atoms with Crippen LogP contribution in [0.4, 0.5) is 0 Å². The van der Waals surface area contributed by atoms with Crippen molar-refractivity contribution in [3.63, 3.8) is 0 Å². The fourth-order valence-electron chi connectivity index (χ4n) is 0.728. The van der Waals surface area contributed by atoms with Crippen LogP contribution in [-0.2, 0) is 4.79 Å². The number of thioether (sulfide) groups is 1. The molecule has 0 aromatic carbocycles. The lowest BCUT2D eigenvalue weighted by atomic mass is 10.2. The quantitative estimate of drug-likeness (QED) is 0.746. The highest BCUT2D eigenvalue weighted by atomic mass is 32.2. The number of carbonyl (C=O) groups is 1. The highest BCUT2D eigenvalue weighted by molar-refractivity contribution is 8.00. The standard InChI is InChI=1S/C7H10N2O2S2/c1-2-12-7-9-4(3-13-7)5(8)6(10)11/h3,5H,2,8H2,1H3,(H,10,11). The van der Waals surface area contributed by atoms with E-state index in [1.165, 1.54) is 11.3 Å². The number of aliphatic carboxylic acids is 1. The van der Waals surface area contributed by atoms with Crippen LogP contribution in [0.15, 0.2) is 9.72 Å². The summed E-state index contributed by atoms with van der Waals surface area (Å²) < 4.78 is 0.870. The summed E-state index contributed by atoms with van der Waals surface area (Å²) in [6.07, 6.45) is 0. The number of thiazole rings is 1. The van der Waals surface area contributed by atoms with E-state index in [-0.39, 0.29) is 0 Å². The molecule has 0 saturated carbocycles. The minimum absolute atomic E-state index is 0.438. The third-order valence-electron chi connectivity index (χ3n) is 1.35. The smallest absolute Gasteiger partial charge is 0.326 e. The number of aromatic nitrogens is 1. The van der Waals surface area contributed by atoms with Crippen LogP contribution < -0.4 is 5.73 Å². The number of carboxylic acids is 1. The zero-order valence-electron chi connectivity index (χ0n) is 7.06. The third kappa shape index (κ3) is 2.68.